The van der Waals surface area contributed by atoms with Crippen LogP contribution in [0.1, 0.15) is 16.7 Å². The highest BCUT2D eigenvalue weighted by molar-refractivity contribution is 6.39. The predicted molar refractivity (Wildman–Crippen MR) is 119 cm³/mol. The standard InChI is InChI=1S/C24H22FN3O4/c1-16-7-3-4-8-18(16)15-32-21-12-11-17(13-22(21)31-2)14-26-28-24(30)23(29)27-20-10-6-5-9-19(20)25/h3-14H,15H2,1-2H3,(H,27,29)(H,28,30). The lowest BCUT2D eigenvalue weighted by Crippen LogP contribution is -2.32. The van der Waals surface area contributed by atoms with Gasteiger partial charge in [0.25, 0.3) is 0 Å². The number of para-hydroxylation sites is 1. The van der Waals surface area contributed by atoms with Crippen molar-refractivity contribution < 1.29 is 23.5 Å². The van der Waals surface area contributed by atoms with Crippen molar-refractivity contribution in [1.29, 1.82) is 0 Å². The van der Waals surface area contributed by atoms with Gasteiger partial charge in [0.15, 0.2) is 11.5 Å². The van der Waals surface area contributed by atoms with Crippen LogP contribution in [0.25, 0.3) is 0 Å². The van der Waals surface area contributed by atoms with Crippen LogP contribution in [0.3, 0.4) is 0 Å². The second-order valence-corrected chi connectivity index (χ2v) is 6.76. The Morgan fingerprint density at radius 1 is 1.00 bits per heavy atom. The van der Waals surface area contributed by atoms with Gasteiger partial charge in [-0.2, -0.15) is 5.10 Å². The van der Waals surface area contributed by atoms with E-state index >= 15 is 0 Å². The molecule has 2 N–H and O–H groups in total. The first kappa shape index (κ1) is 22.5. The lowest BCUT2D eigenvalue weighted by molar-refractivity contribution is -0.136. The SMILES string of the molecule is COc1cc(C=NNC(=O)C(=O)Nc2ccccc2F)ccc1OCc1ccccc1C. The molecule has 0 unspecified atom stereocenters. The number of nitrogens with zero attached hydrogens (tertiary/aromatic N) is 1. The number of nitrogens with one attached hydrogen (secondary N) is 2. The molecule has 0 saturated carbocycles. The highest BCUT2D eigenvalue weighted by atomic mass is 19.1. The minimum Gasteiger partial charge on any atom is -0.493 e. The molecule has 2 amide bonds. The Morgan fingerprint density at radius 2 is 1.75 bits per heavy atom. The summed E-state index contributed by atoms with van der Waals surface area (Å²) in [4.78, 5) is 23.7. The number of hydrogen-bond acceptors (Lipinski definition) is 5. The summed E-state index contributed by atoms with van der Waals surface area (Å²) in [5.41, 5.74) is 4.81. The summed E-state index contributed by atoms with van der Waals surface area (Å²) in [7, 11) is 1.52. The van der Waals surface area contributed by atoms with Crippen LogP contribution >= 0.6 is 0 Å². The van der Waals surface area contributed by atoms with E-state index in [0.717, 1.165) is 11.1 Å². The average Bonchev–Trinajstić information content (AvgIpc) is 2.80. The number of benzene rings is 3. The maximum absolute atomic E-state index is 13.6. The quantitative estimate of drug-likeness (QED) is 0.336. The number of carbonyl (C=O) groups excluding carboxylic acids is 2. The topological polar surface area (TPSA) is 89.0 Å². The minimum atomic E-state index is -1.04. The summed E-state index contributed by atoms with van der Waals surface area (Å²) in [6.07, 6.45) is 1.35. The van der Waals surface area contributed by atoms with Crippen molar-refractivity contribution in [3.8, 4) is 11.5 Å². The number of ether oxygens (including phenoxy) is 2. The number of carbonyl (C=O) groups is 2. The molecule has 0 fully saturated rings. The van der Waals surface area contributed by atoms with Crippen LogP contribution in [0.5, 0.6) is 11.5 Å². The Morgan fingerprint density at radius 3 is 2.50 bits per heavy atom. The zero-order valence-corrected chi connectivity index (χ0v) is 17.6. The normalized spacial score (nSPS) is 10.6. The van der Waals surface area contributed by atoms with Gasteiger partial charge in [0.2, 0.25) is 0 Å². The molecule has 7 nitrogen and oxygen atoms in total. The van der Waals surface area contributed by atoms with Crippen LogP contribution in [-0.2, 0) is 16.2 Å². The molecule has 0 aliphatic rings. The van der Waals surface area contributed by atoms with Gasteiger partial charge in [-0.05, 0) is 53.9 Å². The van der Waals surface area contributed by atoms with Crippen molar-refractivity contribution in [2.75, 3.05) is 12.4 Å². The van der Waals surface area contributed by atoms with Crippen LogP contribution in [0.15, 0.2) is 71.8 Å². The van der Waals surface area contributed by atoms with Gasteiger partial charge in [0.1, 0.15) is 12.4 Å². The number of methoxy groups -OCH3 is 1. The molecule has 8 heteroatoms. The van der Waals surface area contributed by atoms with Crippen molar-refractivity contribution in [2.24, 2.45) is 5.10 Å². The Hall–Kier alpha value is -4.20. The predicted octanol–water partition coefficient (Wildman–Crippen LogP) is 3.81. The van der Waals surface area contributed by atoms with E-state index in [9.17, 15) is 14.0 Å². The van der Waals surface area contributed by atoms with Crippen LogP contribution in [0, 0.1) is 12.7 Å². The third-order valence-electron chi connectivity index (χ3n) is 4.54. The molecule has 0 spiro atoms. The summed E-state index contributed by atoms with van der Waals surface area (Å²) < 4.78 is 24.8. The first-order valence-corrected chi connectivity index (χ1v) is 9.72. The molecule has 3 rings (SSSR count). The smallest absolute Gasteiger partial charge is 0.329 e. The number of anilines is 1. The molecule has 0 radical (unpaired) electrons. The van der Waals surface area contributed by atoms with Crippen molar-refractivity contribution >= 4 is 23.7 Å². The fourth-order valence-electron chi connectivity index (χ4n) is 2.77. The number of aryl methyl sites for hydroxylation is 1. The van der Waals surface area contributed by atoms with Gasteiger partial charge in [-0.15, -0.1) is 0 Å². The molecule has 164 valence electrons. The summed E-state index contributed by atoms with van der Waals surface area (Å²) in [5, 5.41) is 5.94. The zero-order valence-electron chi connectivity index (χ0n) is 17.6. The fourth-order valence-corrected chi connectivity index (χ4v) is 2.77. The monoisotopic (exact) mass is 435 g/mol. The van der Waals surface area contributed by atoms with E-state index in [1.54, 1.807) is 18.2 Å². The maximum Gasteiger partial charge on any atom is 0.329 e. The number of rotatable bonds is 7. The summed E-state index contributed by atoms with van der Waals surface area (Å²) >= 11 is 0. The molecule has 0 bridgehead atoms. The molecule has 3 aromatic rings. The highest BCUT2D eigenvalue weighted by Gasteiger charge is 2.14. The van der Waals surface area contributed by atoms with Crippen molar-refractivity contribution in [3.05, 3.63) is 89.2 Å². The molecule has 3 aromatic carbocycles. The molecule has 0 aromatic heterocycles. The first-order valence-electron chi connectivity index (χ1n) is 9.72. The average molecular weight is 435 g/mol. The van der Waals surface area contributed by atoms with Crippen LogP contribution < -0.4 is 20.2 Å². The Labute approximate surface area is 184 Å². The van der Waals surface area contributed by atoms with Gasteiger partial charge in [0.05, 0.1) is 19.0 Å². The van der Waals surface area contributed by atoms with Gasteiger partial charge in [-0.1, -0.05) is 36.4 Å². The second kappa shape index (κ2) is 10.7. The van der Waals surface area contributed by atoms with Gasteiger partial charge in [-0.25, -0.2) is 9.82 Å². The number of hydrazone groups is 1. The molecule has 0 aliphatic heterocycles. The number of halogens is 1. The van der Waals surface area contributed by atoms with E-state index in [0.29, 0.717) is 23.7 Å². The van der Waals surface area contributed by atoms with Gasteiger partial charge < -0.3 is 14.8 Å². The Bertz CT molecular complexity index is 1150. The lowest BCUT2D eigenvalue weighted by atomic mass is 10.1. The molecule has 32 heavy (non-hydrogen) atoms. The van der Waals surface area contributed by atoms with Gasteiger partial charge in [0, 0.05) is 0 Å². The molecular formula is C24H22FN3O4. The molecular weight excluding hydrogens is 413 g/mol. The summed E-state index contributed by atoms with van der Waals surface area (Å²) in [6.45, 7) is 2.41. The van der Waals surface area contributed by atoms with Crippen LogP contribution in [-0.4, -0.2) is 25.1 Å². The third-order valence-corrected chi connectivity index (χ3v) is 4.54. The second-order valence-electron chi connectivity index (χ2n) is 6.76. The lowest BCUT2D eigenvalue weighted by Gasteiger charge is -2.12. The Balaban J connectivity index is 1.58. The van der Waals surface area contributed by atoms with Crippen LogP contribution in [0.2, 0.25) is 0 Å². The fraction of sp³-hybridized carbons (Fsp3) is 0.125. The van der Waals surface area contributed by atoms with Crippen LogP contribution in [0.4, 0.5) is 10.1 Å². The Kier molecular flexibility index (Phi) is 7.53. The zero-order chi connectivity index (χ0) is 22.9. The van der Waals surface area contributed by atoms with Gasteiger partial charge >= 0.3 is 11.8 Å². The molecule has 0 atom stereocenters. The maximum atomic E-state index is 13.6. The van der Waals surface area contributed by atoms with E-state index < -0.39 is 17.6 Å². The van der Waals surface area contributed by atoms with E-state index in [2.05, 4.69) is 15.8 Å². The van der Waals surface area contributed by atoms with Crippen molar-refractivity contribution in [2.45, 2.75) is 13.5 Å². The largest absolute Gasteiger partial charge is 0.493 e. The van der Waals surface area contributed by atoms with E-state index in [4.69, 9.17) is 9.47 Å². The molecule has 0 saturated heterocycles. The number of amides is 2. The molecule has 0 heterocycles. The highest BCUT2D eigenvalue weighted by Crippen LogP contribution is 2.28. The minimum absolute atomic E-state index is 0.0948. The molecule has 0 aliphatic carbocycles. The van der Waals surface area contributed by atoms with Crippen molar-refractivity contribution in [1.82, 2.24) is 5.43 Å². The van der Waals surface area contributed by atoms with E-state index in [1.165, 1.54) is 37.6 Å². The van der Waals surface area contributed by atoms with Gasteiger partial charge in [-0.3, -0.25) is 9.59 Å². The third kappa shape index (κ3) is 5.91. The van der Waals surface area contributed by atoms with Crippen molar-refractivity contribution in [3.63, 3.8) is 0 Å². The first-order chi connectivity index (χ1) is 15.5. The van der Waals surface area contributed by atoms with E-state index in [-0.39, 0.29) is 5.69 Å². The summed E-state index contributed by atoms with van der Waals surface area (Å²) in [5.74, 6) is -1.67. The summed E-state index contributed by atoms with van der Waals surface area (Å²) in [6, 6.07) is 18.6. The van der Waals surface area contributed by atoms with E-state index in [1.807, 2.05) is 31.2 Å². The number of hydrogen-bond donors (Lipinski definition) is 2.